The Kier molecular flexibility index (Phi) is 9.69. The smallest absolute Gasteiger partial charge is 0.407 e. The molecule has 0 aliphatic rings. The van der Waals surface area contributed by atoms with Gasteiger partial charge in [0.05, 0.1) is 6.17 Å². The summed E-state index contributed by atoms with van der Waals surface area (Å²) in [5.41, 5.74) is -1.01. The lowest BCUT2D eigenvalue weighted by atomic mass is 10.2. The van der Waals surface area contributed by atoms with Gasteiger partial charge < -0.3 is 30.7 Å². The molecule has 0 aromatic rings. The molecule has 0 heterocycles. The molecule has 0 rings (SSSR count). The highest BCUT2D eigenvalue weighted by Gasteiger charge is 2.16. The minimum atomic E-state index is -0.505. The van der Waals surface area contributed by atoms with Crippen molar-refractivity contribution in [2.45, 2.75) is 58.9 Å². The van der Waals surface area contributed by atoms with Crippen LogP contribution in [0.25, 0.3) is 0 Å². The van der Waals surface area contributed by atoms with Crippen molar-refractivity contribution in [2.24, 2.45) is 0 Å². The van der Waals surface area contributed by atoms with Crippen LogP contribution in [0.1, 0.15) is 41.5 Å². The largest absolute Gasteiger partial charge is 0.444 e. The summed E-state index contributed by atoms with van der Waals surface area (Å²) >= 11 is 0. The first-order valence-corrected chi connectivity index (χ1v) is 8.12. The SMILES string of the molecule is [CH2]C(NCCNC(=O)OC(C)(C)C)NCCNC(=O)OC(C)(C)C. The maximum absolute atomic E-state index is 11.4. The Morgan fingerprint density at radius 1 is 0.792 bits per heavy atom. The molecule has 0 aromatic carbocycles. The molecule has 24 heavy (non-hydrogen) atoms. The summed E-state index contributed by atoms with van der Waals surface area (Å²) in [6.07, 6.45) is -1.09. The maximum Gasteiger partial charge on any atom is 0.407 e. The van der Waals surface area contributed by atoms with Gasteiger partial charge in [-0.25, -0.2) is 9.59 Å². The van der Waals surface area contributed by atoms with E-state index >= 15 is 0 Å². The molecule has 0 aliphatic carbocycles. The van der Waals surface area contributed by atoms with Gasteiger partial charge >= 0.3 is 12.2 Å². The fraction of sp³-hybridized carbons (Fsp3) is 0.812. The average Bonchev–Trinajstić information content (AvgIpc) is 2.35. The Hall–Kier alpha value is -1.54. The van der Waals surface area contributed by atoms with Gasteiger partial charge in [-0.2, -0.15) is 0 Å². The number of hydrogen-bond acceptors (Lipinski definition) is 6. The van der Waals surface area contributed by atoms with E-state index in [2.05, 4.69) is 28.2 Å². The van der Waals surface area contributed by atoms with E-state index in [0.717, 1.165) is 0 Å². The second kappa shape index (κ2) is 10.4. The van der Waals surface area contributed by atoms with Gasteiger partial charge in [0.15, 0.2) is 0 Å². The van der Waals surface area contributed by atoms with Crippen LogP contribution >= 0.6 is 0 Å². The van der Waals surface area contributed by atoms with E-state index in [1.165, 1.54) is 0 Å². The van der Waals surface area contributed by atoms with E-state index in [1.54, 1.807) is 0 Å². The number of alkyl carbamates (subject to hydrolysis) is 2. The molecular formula is C16H33N4O4. The summed E-state index contributed by atoms with van der Waals surface area (Å²) in [6, 6.07) is 0. The molecule has 8 nitrogen and oxygen atoms in total. The van der Waals surface area contributed by atoms with Gasteiger partial charge in [-0.15, -0.1) is 0 Å². The zero-order valence-electron chi connectivity index (χ0n) is 15.7. The Labute approximate surface area is 145 Å². The highest BCUT2D eigenvalue weighted by molar-refractivity contribution is 5.67. The van der Waals surface area contributed by atoms with E-state index in [4.69, 9.17) is 9.47 Å². The molecule has 141 valence electrons. The summed E-state index contributed by atoms with van der Waals surface area (Å²) in [5, 5.41) is 11.5. The zero-order valence-corrected chi connectivity index (χ0v) is 15.7. The summed E-state index contributed by atoms with van der Waals surface area (Å²) < 4.78 is 10.2. The Balaban J connectivity index is 3.62. The van der Waals surface area contributed by atoms with E-state index < -0.39 is 23.4 Å². The number of hydrogen-bond donors (Lipinski definition) is 4. The number of rotatable bonds is 8. The van der Waals surface area contributed by atoms with Crippen LogP contribution in [0.2, 0.25) is 0 Å². The summed E-state index contributed by atoms with van der Waals surface area (Å²) in [5.74, 6) is 0. The van der Waals surface area contributed by atoms with Gasteiger partial charge in [-0.05, 0) is 48.5 Å². The van der Waals surface area contributed by atoms with Gasteiger partial charge in [0.25, 0.3) is 0 Å². The minimum Gasteiger partial charge on any atom is -0.444 e. The number of amides is 2. The van der Waals surface area contributed by atoms with Gasteiger partial charge in [0, 0.05) is 26.2 Å². The molecule has 8 heteroatoms. The van der Waals surface area contributed by atoms with Crippen molar-refractivity contribution >= 4 is 12.2 Å². The van der Waals surface area contributed by atoms with E-state index in [-0.39, 0.29) is 6.17 Å². The van der Waals surface area contributed by atoms with Gasteiger partial charge in [-0.1, -0.05) is 0 Å². The minimum absolute atomic E-state index is 0.203. The highest BCUT2D eigenvalue weighted by Crippen LogP contribution is 2.06. The average molecular weight is 345 g/mol. The van der Waals surface area contributed by atoms with Crippen molar-refractivity contribution in [2.75, 3.05) is 26.2 Å². The molecule has 0 fully saturated rings. The number of carbonyl (C=O) groups excluding carboxylic acids is 2. The standard InChI is InChI=1S/C16H33N4O4/c1-12(17-8-10-19-13(21)23-15(2,3)4)18-9-11-20-14(22)24-16(5,6)7/h12,17-18H,1,8-11H2,2-7H3,(H,19,21)(H,20,22). The molecule has 1 radical (unpaired) electrons. The van der Waals surface area contributed by atoms with Crippen LogP contribution in [-0.2, 0) is 9.47 Å². The predicted octanol–water partition coefficient (Wildman–Crippen LogP) is 1.38. The van der Waals surface area contributed by atoms with Crippen LogP contribution in [0.5, 0.6) is 0 Å². The van der Waals surface area contributed by atoms with E-state index in [0.29, 0.717) is 26.2 Å². The topological polar surface area (TPSA) is 101 Å². The summed E-state index contributed by atoms with van der Waals surface area (Å²) in [4.78, 5) is 22.9. The van der Waals surface area contributed by atoms with Gasteiger partial charge in [0.2, 0.25) is 0 Å². The van der Waals surface area contributed by atoms with E-state index in [1.807, 2.05) is 41.5 Å². The quantitative estimate of drug-likeness (QED) is 0.392. The van der Waals surface area contributed by atoms with Crippen molar-refractivity contribution in [3.63, 3.8) is 0 Å². The highest BCUT2D eigenvalue weighted by atomic mass is 16.6. The van der Waals surface area contributed by atoms with Crippen LogP contribution in [0, 0.1) is 6.92 Å². The number of ether oxygens (including phenoxy) is 2. The number of nitrogens with one attached hydrogen (secondary N) is 4. The third-order valence-electron chi connectivity index (χ3n) is 2.37. The number of carbonyl (C=O) groups is 2. The lowest BCUT2D eigenvalue weighted by Gasteiger charge is -2.21. The van der Waals surface area contributed by atoms with Crippen LogP contribution < -0.4 is 21.3 Å². The second-order valence-corrected chi connectivity index (χ2v) is 7.32. The third kappa shape index (κ3) is 15.4. The molecular weight excluding hydrogens is 312 g/mol. The van der Waals surface area contributed by atoms with Gasteiger partial charge in [0.1, 0.15) is 11.2 Å². The molecule has 0 spiro atoms. The lowest BCUT2D eigenvalue weighted by molar-refractivity contribution is 0.0518. The lowest BCUT2D eigenvalue weighted by Crippen LogP contribution is -2.46. The maximum atomic E-state index is 11.4. The molecule has 2 amide bonds. The predicted molar refractivity (Wildman–Crippen MR) is 93.6 cm³/mol. The first-order chi connectivity index (χ1) is 10.9. The van der Waals surface area contributed by atoms with Crippen LogP contribution in [-0.4, -0.2) is 55.7 Å². The summed E-state index contributed by atoms with van der Waals surface area (Å²) in [7, 11) is 0. The van der Waals surface area contributed by atoms with Crippen LogP contribution in [0.4, 0.5) is 9.59 Å². The first-order valence-electron chi connectivity index (χ1n) is 8.12. The molecule has 0 atom stereocenters. The van der Waals surface area contributed by atoms with Crippen molar-refractivity contribution in [3.05, 3.63) is 6.92 Å². The van der Waals surface area contributed by atoms with Crippen molar-refractivity contribution < 1.29 is 19.1 Å². The fourth-order valence-electron chi connectivity index (χ4n) is 1.52. The Morgan fingerprint density at radius 3 is 1.42 bits per heavy atom. The second-order valence-electron chi connectivity index (χ2n) is 7.32. The third-order valence-corrected chi connectivity index (χ3v) is 2.37. The fourth-order valence-corrected chi connectivity index (χ4v) is 1.52. The molecule has 0 aromatic heterocycles. The van der Waals surface area contributed by atoms with Crippen molar-refractivity contribution in [1.82, 2.24) is 21.3 Å². The van der Waals surface area contributed by atoms with Gasteiger partial charge in [-0.3, -0.25) is 0 Å². The van der Waals surface area contributed by atoms with E-state index in [9.17, 15) is 9.59 Å². The van der Waals surface area contributed by atoms with Crippen LogP contribution in [0.15, 0.2) is 0 Å². The molecule has 0 aliphatic heterocycles. The monoisotopic (exact) mass is 345 g/mol. The molecule has 4 N–H and O–H groups in total. The molecule has 0 saturated carbocycles. The Bertz CT molecular complexity index is 353. The normalized spacial score (nSPS) is 12.0. The Morgan fingerprint density at radius 2 is 1.12 bits per heavy atom. The zero-order chi connectivity index (χ0) is 18.8. The molecule has 0 bridgehead atoms. The molecule has 0 saturated heterocycles. The van der Waals surface area contributed by atoms with Crippen molar-refractivity contribution in [3.8, 4) is 0 Å². The summed E-state index contributed by atoms with van der Waals surface area (Å²) in [6.45, 7) is 16.7. The van der Waals surface area contributed by atoms with Crippen LogP contribution in [0.3, 0.4) is 0 Å². The molecule has 0 unspecified atom stereocenters. The van der Waals surface area contributed by atoms with Crippen molar-refractivity contribution in [1.29, 1.82) is 0 Å². The first kappa shape index (κ1) is 22.5.